The number of nitro benzene ring substituents is 1. The first kappa shape index (κ1) is 15.5. The summed E-state index contributed by atoms with van der Waals surface area (Å²) in [6.45, 7) is 0. The second-order valence-electron chi connectivity index (χ2n) is 4.66. The summed E-state index contributed by atoms with van der Waals surface area (Å²) in [6.07, 6.45) is 0. The van der Waals surface area contributed by atoms with E-state index in [9.17, 15) is 14.9 Å². The van der Waals surface area contributed by atoms with Crippen molar-refractivity contribution >= 4 is 51.5 Å². The monoisotopic (exact) mass is 347 g/mol. The molecule has 0 unspecified atom stereocenters. The number of rotatable bonds is 3. The van der Waals surface area contributed by atoms with Crippen molar-refractivity contribution in [1.29, 1.82) is 0 Å². The Kier molecular flexibility index (Phi) is 4.31. The smallest absolute Gasteiger partial charge is 0.269 e. The fourth-order valence-electron chi connectivity index (χ4n) is 2.05. The van der Waals surface area contributed by atoms with Crippen LogP contribution in [0.3, 0.4) is 0 Å². The van der Waals surface area contributed by atoms with E-state index >= 15 is 0 Å². The molecule has 1 heterocycles. The second-order valence-corrected chi connectivity index (χ2v) is 6.04. The third-order valence-electron chi connectivity index (χ3n) is 3.14. The van der Waals surface area contributed by atoms with Gasteiger partial charge in [0.1, 0.15) is 0 Å². The van der Waals surface area contributed by atoms with Crippen LogP contribution in [0.5, 0.6) is 0 Å². The Balaban J connectivity index is 1.92. The number of nitro groups is 1. The topological polar surface area (TPSA) is 75.8 Å². The van der Waals surface area contributed by atoms with Crippen LogP contribution < -0.4 is 4.90 Å². The molecule has 1 amide bonds. The molecule has 0 aromatic heterocycles. The fraction of sp³-hybridized carbons (Fsp3) is 0.0667. The minimum atomic E-state index is -0.467. The van der Waals surface area contributed by atoms with Gasteiger partial charge in [-0.1, -0.05) is 23.4 Å². The third-order valence-corrected chi connectivity index (χ3v) is 4.31. The molecule has 0 aliphatic carbocycles. The maximum absolute atomic E-state index is 12.1. The zero-order valence-corrected chi connectivity index (χ0v) is 13.3. The number of thioether (sulfide) groups is 1. The summed E-state index contributed by atoms with van der Waals surface area (Å²) in [5, 5.41) is 11.8. The summed E-state index contributed by atoms with van der Waals surface area (Å²) in [7, 11) is 0. The van der Waals surface area contributed by atoms with Gasteiger partial charge >= 0.3 is 0 Å². The molecule has 0 radical (unpaired) electrons. The number of amidine groups is 1. The van der Waals surface area contributed by atoms with E-state index in [1.54, 1.807) is 36.4 Å². The number of benzene rings is 2. The zero-order chi connectivity index (χ0) is 16.4. The van der Waals surface area contributed by atoms with Crippen molar-refractivity contribution in [2.75, 3.05) is 10.7 Å². The van der Waals surface area contributed by atoms with Crippen molar-refractivity contribution < 1.29 is 9.72 Å². The van der Waals surface area contributed by atoms with Crippen molar-refractivity contribution in [3.05, 3.63) is 63.7 Å². The van der Waals surface area contributed by atoms with Gasteiger partial charge in [-0.25, -0.2) is 4.99 Å². The fourth-order valence-corrected chi connectivity index (χ4v) is 3.06. The van der Waals surface area contributed by atoms with Gasteiger partial charge in [-0.3, -0.25) is 19.8 Å². The highest BCUT2D eigenvalue weighted by atomic mass is 35.5. The van der Waals surface area contributed by atoms with Crippen LogP contribution in [0, 0.1) is 10.1 Å². The summed E-state index contributed by atoms with van der Waals surface area (Å²) in [4.78, 5) is 28.2. The molecular formula is C15H10ClN3O3S. The van der Waals surface area contributed by atoms with Crippen LogP contribution in [-0.2, 0) is 4.79 Å². The van der Waals surface area contributed by atoms with Crippen molar-refractivity contribution in [3.63, 3.8) is 0 Å². The maximum Gasteiger partial charge on any atom is 0.269 e. The molecular weight excluding hydrogens is 338 g/mol. The second kappa shape index (κ2) is 6.39. The van der Waals surface area contributed by atoms with Crippen LogP contribution in [0.15, 0.2) is 53.5 Å². The van der Waals surface area contributed by atoms with Crippen LogP contribution in [0.2, 0.25) is 5.02 Å². The number of non-ortho nitro benzene ring substituents is 1. The summed E-state index contributed by atoms with van der Waals surface area (Å²) >= 11 is 7.19. The lowest BCUT2D eigenvalue weighted by atomic mass is 10.3. The molecule has 2 aromatic rings. The number of carbonyl (C=O) groups excluding carboxylic acids is 1. The molecule has 0 spiro atoms. The molecule has 8 heteroatoms. The summed E-state index contributed by atoms with van der Waals surface area (Å²) in [5.74, 6) is 0.229. The van der Waals surface area contributed by atoms with Crippen LogP contribution in [0.25, 0.3) is 0 Å². The maximum atomic E-state index is 12.1. The Morgan fingerprint density at radius 2 is 1.78 bits per heavy atom. The summed E-state index contributed by atoms with van der Waals surface area (Å²) in [5.41, 5.74) is 1.23. The van der Waals surface area contributed by atoms with Crippen molar-refractivity contribution in [2.24, 2.45) is 4.99 Å². The highest BCUT2D eigenvalue weighted by Gasteiger charge is 2.29. The number of aliphatic imine (C=N–C) groups is 1. The molecule has 0 atom stereocenters. The number of anilines is 1. The molecule has 1 aliphatic heterocycles. The number of hydrogen-bond donors (Lipinski definition) is 0. The van der Waals surface area contributed by atoms with Crippen molar-refractivity contribution in [1.82, 2.24) is 0 Å². The van der Waals surface area contributed by atoms with E-state index in [0.717, 1.165) is 0 Å². The summed E-state index contributed by atoms with van der Waals surface area (Å²) in [6, 6.07) is 12.8. The van der Waals surface area contributed by atoms with E-state index in [1.807, 2.05) is 0 Å². The molecule has 0 bridgehead atoms. The lowest BCUT2D eigenvalue weighted by Gasteiger charge is -2.16. The van der Waals surface area contributed by atoms with E-state index in [1.165, 1.54) is 28.8 Å². The Labute approximate surface area is 140 Å². The Bertz CT molecular complexity index is 791. The predicted molar refractivity (Wildman–Crippen MR) is 91.6 cm³/mol. The van der Waals surface area contributed by atoms with E-state index in [0.29, 0.717) is 27.3 Å². The molecule has 1 aliphatic rings. The Morgan fingerprint density at radius 1 is 1.13 bits per heavy atom. The standard InChI is InChI=1S/C15H10ClN3O3S/c16-10-1-5-12(6-2-10)18-14(20)9-23-15(18)17-11-3-7-13(8-4-11)19(21)22/h1-8H,9H2. The SMILES string of the molecule is O=C1CSC(=Nc2ccc([N+](=O)[O-])cc2)N1c1ccc(Cl)cc1. The average Bonchev–Trinajstić information content (AvgIpc) is 2.89. The van der Waals surface area contributed by atoms with Gasteiger partial charge < -0.3 is 0 Å². The molecule has 116 valence electrons. The molecule has 23 heavy (non-hydrogen) atoms. The van der Waals surface area contributed by atoms with Crippen molar-refractivity contribution in [3.8, 4) is 0 Å². The summed E-state index contributed by atoms with van der Waals surface area (Å²) < 4.78 is 0. The van der Waals surface area contributed by atoms with Gasteiger partial charge in [0.15, 0.2) is 5.17 Å². The molecule has 2 aromatic carbocycles. The van der Waals surface area contributed by atoms with Gasteiger partial charge in [0.05, 0.1) is 22.1 Å². The first-order valence-corrected chi connectivity index (χ1v) is 7.95. The van der Waals surface area contributed by atoms with Crippen LogP contribution in [0.1, 0.15) is 0 Å². The van der Waals surface area contributed by atoms with E-state index < -0.39 is 4.92 Å². The molecule has 0 N–H and O–H groups in total. The molecule has 1 saturated heterocycles. The number of carbonyl (C=O) groups is 1. The number of nitrogens with zero attached hydrogens (tertiary/aromatic N) is 3. The van der Waals surface area contributed by atoms with Gasteiger partial charge in [-0.15, -0.1) is 0 Å². The van der Waals surface area contributed by atoms with E-state index in [4.69, 9.17) is 11.6 Å². The average molecular weight is 348 g/mol. The van der Waals surface area contributed by atoms with E-state index in [2.05, 4.69) is 4.99 Å². The Morgan fingerprint density at radius 3 is 2.39 bits per heavy atom. The van der Waals surface area contributed by atoms with Crippen molar-refractivity contribution in [2.45, 2.75) is 0 Å². The lowest BCUT2D eigenvalue weighted by molar-refractivity contribution is -0.384. The van der Waals surface area contributed by atoms with Crippen LogP contribution >= 0.6 is 23.4 Å². The normalized spacial score (nSPS) is 16.1. The molecule has 1 fully saturated rings. The number of amides is 1. The highest BCUT2D eigenvalue weighted by Crippen LogP contribution is 2.30. The lowest BCUT2D eigenvalue weighted by Crippen LogP contribution is -2.28. The largest absolute Gasteiger partial charge is 0.273 e. The van der Waals surface area contributed by atoms with Gasteiger partial charge in [0.25, 0.3) is 5.69 Å². The minimum absolute atomic E-state index is 0.00124. The molecule has 6 nitrogen and oxygen atoms in total. The number of halogens is 1. The molecule has 3 rings (SSSR count). The first-order chi connectivity index (χ1) is 11.0. The number of hydrogen-bond acceptors (Lipinski definition) is 5. The van der Waals surface area contributed by atoms with E-state index in [-0.39, 0.29) is 11.6 Å². The molecule has 0 saturated carbocycles. The minimum Gasteiger partial charge on any atom is -0.273 e. The quantitative estimate of drug-likeness (QED) is 0.620. The third kappa shape index (κ3) is 3.35. The first-order valence-electron chi connectivity index (χ1n) is 6.59. The van der Waals surface area contributed by atoms with Gasteiger partial charge in [-0.2, -0.15) is 0 Å². The van der Waals surface area contributed by atoms with Gasteiger partial charge in [-0.05, 0) is 36.4 Å². The zero-order valence-electron chi connectivity index (χ0n) is 11.7. The van der Waals surface area contributed by atoms with Gasteiger partial charge in [0, 0.05) is 17.2 Å². The van der Waals surface area contributed by atoms with Crippen LogP contribution in [0.4, 0.5) is 17.1 Å². The predicted octanol–water partition coefficient (Wildman–Crippen LogP) is 4.02. The Hall–Kier alpha value is -2.38. The van der Waals surface area contributed by atoms with Gasteiger partial charge in [0.2, 0.25) is 5.91 Å². The highest BCUT2D eigenvalue weighted by molar-refractivity contribution is 8.15. The van der Waals surface area contributed by atoms with Crippen LogP contribution in [-0.4, -0.2) is 21.8 Å².